The van der Waals surface area contributed by atoms with E-state index in [0.717, 1.165) is 29.6 Å². The molecule has 2 amide bonds. The van der Waals surface area contributed by atoms with E-state index in [1.807, 2.05) is 44.2 Å². The molecule has 1 N–H and O–H groups in total. The van der Waals surface area contributed by atoms with Crippen LogP contribution in [0.3, 0.4) is 0 Å². The van der Waals surface area contributed by atoms with Crippen molar-refractivity contribution < 1.29 is 19.1 Å². The lowest BCUT2D eigenvalue weighted by Crippen LogP contribution is -2.47. The molecule has 2 heterocycles. The van der Waals surface area contributed by atoms with Crippen molar-refractivity contribution in [2.75, 3.05) is 26.8 Å². The summed E-state index contributed by atoms with van der Waals surface area (Å²) in [6.45, 7) is 11.9. The average Bonchev–Trinajstić information content (AvgIpc) is 3.43. The van der Waals surface area contributed by atoms with Crippen LogP contribution in [-0.2, 0) is 14.3 Å². The van der Waals surface area contributed by atoms with Gasteiger partial charge in [0.1, 0.15) is 5.84 Å². The molecule has 0 saturated heterocycles. The number of ether oxygens (including phenoxy) is 2. The van der Waals surface area contributed by atoms with Crippen LogP contribution >= 0.6 is 0 Å². The van der Waals surface area contributed by atoms with E-state index in [1.165, 1.54) is 0 Å². The molecule has 7 nitrogen and oxygen atoms in total. The van der Waals surface area contributed by atoms with Crippen LogP contribution in [0.2, 0.25) is 24.7 Å². The van der Waals surface area contributed by atoms with Crippen molar-refractivity contribution in [2.45, 2.75) is 63.0 Å². The van der Waals surface area contributed by atoms with Gasteiger partial charge in [0.2, 0.25) is 5.91 Å². The Kier molecular flexibility index (Phi) is 6.03. The molecule has 0 aromatic heterocycles. The van der Waals surface area contributed by atoms with Crippen LogP contribution in [0.5, 0.6) is 0 Å². The highest BCUT2D eigenvalue weighted by atomic mass is 28.3. The molecule has 1 aromatic rings. The van der Waals surface area contributed by atoms with Gasteiger partial charge >= 0.3 is 6.09 Å². The quantitative estimate of drug-likeness (QED) is 0.630. The second-order valence-corrected chi connectivity index (χ2v) is 16.2. The van der Waals surface area contributed by atoms with Crippen molar-refractivity contribution in [3.63, 3.8) is 0 Å². The Morgan fingerprint density at radius 2 is 1.85 bits per heavy atom. The Balaban J connectivity index is 1.48. The van der Waals surface area contributed by atoms with E-state index in [1.54, 1.807) is 12.0 Å². The number of methoxy groups -OCH3 is 1. The molecule has 8 heteroatoms. The molecule has 1 saturated carbocycles. The second-order valence-electron chi connectivity index (χ2n) is 10.8. The summed E-state index contributed by atoms with van der Waals surface area (Å²) in [5.41, 5.74) is 2.35. The molecule has 33 heavy (non-hydrogen) atoms. The smallest absolute Gasteiger partial charge is 0.411 e. The van der Waals surface area contributed by atoms with Crippen molar-refractivity contribution in [3.05, 3.63) is 47.0 Å². The third kappa shape index (κ3) is 4.15. The Hall–Kier alpha value is -2.45. The van der Waals surface area contributed by atoms with Crippen LogP contribution < -0.4 is 5.32 Å². The summed E-state index contributed by atoms with van der Waals surface area (Å²) < 4.78 is 11.2. The SMILES string of the molecule is COCC(OC(=O)N1CC2=C(CN=C2NC(=O)C2([Si](C)(C)C)CC2)C1(C)C)c1ccccc1. The Labute approximate surface area is 197 Å². The van der Waals surface area contributed by atoms with E-state index in [0.29, 0.717) is 18.9 Å². The van der Waals surface area contributed by atoms with Crippen LogP contribution in [0.15, 0.2) is 46.5 Å². The summed E-state index contributed by atoms with van der Waals surface area (Å²) in [6.07, 6.45) is 1.02. The van der Waals surface area contributed by atoms with Gasteiger partial charge in [-0.25, -0.2) is 4.79 Å². The summed E-state index contributed by atoms with van der Waals surface area (Å²) in [5.74, 6) is 0.719. The van der Waals surface area contributed by atoms with Crippen molar-refractivity contribution in [2.24, 2.45) is 4.99 Å². The average molecular weight is 470 g/mol. The zero-order valence-electron chi connectivity index (χ0n) is 20.5. The third-order valence-corrected chi connectivity index (χ3v) is 11.2. The van der Waals surface area contributed by atoms with Gasteiger partial charge in [-0.05, 0) is 37.8 Å². The number of aliphatic imine (C=N–C) groups is 1. The number of amidine groups is 1. The molecule has 0 spiro atoms. The number of carbonyl (C=O) groups excluding carboxylic acids is 2. The number of benzene rings is 1. The largest absolute Gasteiger partial charge is 0.439 e. The van der Waals surface area contributed by atoms with Gasteiger partial charge < -0.3 is 14.8 Å². The number of nitrogens with one attached hydrogen (secondary N) is 1. The fourth-order valence-electron chi connectivity index (χ4n) is 5.02. The van der Waals surface area contributed by atoms with Crippen molar-refractivity contribution in [1.82, 2.24) is 10.2 Å². The van der Waals surface area contributed by atoms with Crippen LogP contribution in [0, 0.1) is 0 Å². The molecule has 1 aliphatic carbocycles. The first-order chi connectivity index (χ1) is 15.5. The molecule has 1 unspecified atom stereocenters. The summed E-state index contributed by atoms with van der Waals surface area (Å²) in [5, 5.41) is 2.93. The van der Waals surface area contributed by atoms with Gasteiger partial charge in [-0.15, -0.1) is 0 Å². The van der Waals surface area contributed by atoms with Gasteiger partial charge in [0, 0.05) is 17.7 Å². The first kappa shape index (κ1) is 23.7. The van der Waals surface area contributed by atoms with Crippen LogP contribution in [0.25, 0.3) is 0 Å². The summed E-state index contributed by atoms with van der Waals surface area (Å²) in [7, 11) is -0.0447. The number of nitrogens with zero attached hydrogens (tertiary/aromatic N) is 2. The highest BCUT2D eigenvalue weighted by molar-refractivity contribution is 6.83. The standard InChI is InChI=1S/C25H35N3O4Si/c1-24(2)19-14-26-21(27-22(29)25(12-13-25)33(4,5)6)18(19)15-28(24)23(30)32-20(16-31-3)17-10-8-7-9-11-17/h7-11,20H,12-16H2,1-6H3,(H,26,27,29). The summed E-state index contributed by atoms with van der Waals surface area (Å²) in [4.78, 5) is 32.8. The fourth-order valence-corrected chi connectivity index (χ4v) is 7.39. The molecule has 178 valence electrons. The number of carbonyl (C=O) groups is 2. The van der Waals surface area contributed by atoms with E-state index >= 15 is 0 Å². The summed E-state index contributed by atoms with van der Waals surface area (Å²) >= 11 is 0. The Morgan fingerprint density at radius 1 is 1.18 bits per heavy atom. The normalized spacial score (nSPS) is 21.4. The zero-order chi connectivity index (χ0) is 24.0. The minimum Gasteiger partial charge on any atom is -0.439 e. The second kappa shape index (κ2) is 8.40. The lowest BCUT2D eigenvalue weighted by atomic mass is 9.94. The van der Waals surface area contributed by atoms with E-state index in [4.69, 9.17) is 9.47 Å². The number of hydrogen-bond acceptors (Lipinski definition) is 5. The Bertz CT molecular complexity index is 1010. The maximum atomic E-state index is 13.3. The van der Waals surface area contributed by atoms with Crippen molar-refractivity contribution in [1.29, 1.82) is 0 Å². The lowest BCUT2D eigenvalue weighted by molar-refractivity contribution is -0.120. The van der Waals surface area contributed by atoms with E-state index < -0.39 is 25.8 Å². The molecular formula is C25H35N3O4Si. The zero-order valence-corrected chi connectivity index (χ0v) is 21.5. The Morgan fingerprint density at radius 3 is 2.42 bits per heavy atom. The number of hydrogen-bond donors (Lipinski definition) is 1. The molecule has 1 fully saturated rings. The molecule has 3 aliphatic rings. The van der Waals surface area contributed by atoms with Gasteiger partial charge in [-0.3, -0.25) is 14.7 Å². The maximum Gasteiger partial charge on any atom is 0.411 e. The van der Waals surface area contributed by atoms with Gasteiger partial charge in [0.05, 0.1) is 33.3 Å². The maximum absolute atomic E-state index is 13.3. The fraction of sp³-hybridized carbons (Fsp3) is 0.560. The molecule has 1 aromatic carbocycles. The summed E-state index contributed by atoms with van der Waals surface area (Å²) in [6, 6.07) is 9.62. The van der Waals surface area contributed by atoms with E-state index in [2.05, 4.69) is 30.0 Å². The molecular weight excluding hydrogens is 434 g/mol. The van der Waals surface area contributed by atoms with E-state index in [9.17, 15) is 9.59 Å². The molecule has 4 rings (SSSR count). The van der Waals surface area contributed by atoms with Gasteiger partial charge in [-0.2, -0.15) is 0 Å². The predicted octanol–water partition coefficient (Wildman–Crippen LogP) is 4.30. The lowest BCUT2D eigenvalue weighted by Gasteiger charge is -2.34. The van der Waals surface area contributed by atoms with E-state index in [-0.39, 0.29) is 17.6 Å². The number of amides is 2. The van der Waals surface area contributed by atoms with Gasteiger partial charge in [0.25, 0.3) is 0 Å². The topological polar surface area (TPSA) is 80.2 Å². The highest BCUT2D eigenvalue weighted by Gasteiger charge is 2.59. The van der Waals surface area contributed by atoms with Crippen LogP contribution in [-0.4, -0.2) is 63.2 Å². The molecule has 1 atom stereocenters. The third-order valence-electron chi connectivity index (χ3n) is 7.58. The predicted molar refractivity (Wildman–Crippen MR) is 131 cm³/mol. The van der Waals surface area contributed by atoms with Crippen LogP contribution in [0.4, 0.5) is 4.79 Å². The minimum atomic E-state index is -1.64. The first-order valence-electron chi connectivity index (χ1n) is 11.6. The minimum absolute atomic E-state index is 0.0947. The van der Waals surface area contributed by atoms with Crippen molar-refractivity contribution in [3.8, 4) is 0 Å². The number of rotatable bonds is 6. The van der Waals surface area contributed by atoms with Gasteiger partial charge in [0.15, 0.2) is 6.10 Å². The van der Waals surface area contributed by atoms with Gasteiger partial charge in [-0.1, -0.05) is 50.0 Å². The molecule has 2 aliphatic heterocycles. The molecule has 0 bridgehead atoms. The monoisotopic (exact) mass is 469 g/mol. The molecule has 0 radical (unpaired) electrons. The van der Waals surface area contributed by atoms with Crippen LogP contribution in [0.1, 0.15) is 38.4 Å². The first-order valence-corrected chi connectivity index (χ1v) is 15.1. The highest BCUT2D eigenvalue weighted by Crippen LogP contribution is 2.60. The van der Waals surface area contributed by atoms with Crippen molar-refractivity contribution >= 4 is 25.9 Å².